The van der Waals surface area contributed by atoms with Crippen molar-refractivity contribution in [2.75, 3.05) is 31.1 Å². The summed E-state index contributed by atoms with van der Waals surface area (Å²) >= 11 is 5.51. The first kappa shape index (κ1) is 17.7. The zero-order valence-corrected chi connectivity index (χ0v) is 15.8. The maximum absolute atomic E-state index is 5.51. The minimum Gasteiger partial charge on any atom is -0.467 e. The van der Waals surface area contributed by atoms with Gasteiger partial charge in [-0.05, 0) is 31.3 Å². The van der Waals surface area contributed by atoms with Crippen LogP contribution in [0.4, 0.5) is 5.82 Å². The monoisotopic (exact) mass is 359 g/mol. The molecule has 1 aliphatic heterocycles. The highest BCUT2D eigenvalue weighted by Gasteiger charge is 2.21. The van der Waals surface area contributed by atoms with Gasteiger partial charge in [0.1, 0.15) is 17.4 Å². The number of furan rings is 1. The lowest BCUT2D eigenvalue weighted by atomic mass is 10.2. The van der Waals surface area contributed by atoms with Crippen molar-refractivity contribution in [1.82, 2.24) is 20.2 Å². The van der Waals surface area contributed by atoms with Crippen molar-refractivity contribution in [3.05, 3.63) is 41.7 Å². The Morgan fingerprint density at radius 3 is 2.68 bits per heavy atom. The number of aryl methyl sites for hydroxylation is 1. The summed E-state index contributed by atoms with van der Waals surface area (Å²) in [5, 5.41) is 4.04. The van der Waals surface area contributed by atoms with Crippen LogP contribution in [0.2, 0.25) is 0 Å². The minimum atomic E-state index is 0.332. The van der Waals surface area contributed by atoms with Crippen molar-refractivity contribution in [2.45, 2.75) is 33.2 Å². The van der Waals surface area contributed by atoms with E-state index in [0.717, 1.165) is 54.4 Å². The lowest BCUT2D eigenvalue weighted by Crippen LogP contribution is -2.51. The van der Waals surface area contributed by atoms with Gasteiger partial charge in [-0.2, -0.15) is 0 Å². The molecule has 0 aromatic carbocycles. The molecular formula is C18H25N5OS. The van der Waals surface area contributed by atoms with Gasteiger partial charge in [0.15, 0.2) is 5.11 Å². The molecule has 2 aromatic rings. The molecule has 0 atom stereocenters. The van der Waals surface area contributed by atoms with Crippen LogP contribution in [0.15, 0.2) is 28.9 Å². The number of rotatable bonds is 4. The Morgan fingerprint density at radius 2 is 2.04 bits per heavy atom. The third kappa shape index (κ3) is 4.48. The summed E-state index contributed by atoms with van der Waals surface area (Å²) in [6, 6.07) is 5.89. The Morgan fingerprint density at radius 1 is 1.28 bits per heavy atom. The fourth-order valence-corrected chi connectivity index (χ4v) is 3.08. The van der Waals surface area contributed by atoms with E-state index < -0.39 is 0 Å². The highest BCUT2D eigenvalue weighted by Crippen LogP contribution is 2.18. The second kappa shape index (κ2) is 7.82. The highest BCUT2D eigenvalue weighted by atomic mass is 32.1. The van der Waals surface area contributed by atoms with Gasteiger partial charge < -0.3 is 19.5 Å². The fourth-order valence-electron chi connectivity index (χ4n) is 2.82. The van der Waals surface area contributed by atoms with E-state index in [4.69, 9.17) is 21.6 Å². The molecule has 1 saturated heterocycles. The lowest BCUT2D eigenvalue weighted by Gasteiger charge is -2.37. The van der Waals surface area contributed by atoms with Crippen LogP contribution in [0.1, 0.15) is 37.0 Å². The van der Waals surface area contributed by atoms with Crippen LogP contribution in [-0.2, 0) is 6.54 Å². The number of anilines is 1. The van der Waals surface area contributed by atoms with Gasteiger partial charge >= 0.3 is 0 Å². The zero-order chi connectivity index (χ0) is 17.8. The van der Waals surface area contributed by atoms with Crippen LogP contribution in [0.5, 0.6) is 0 Å². The number of aromatic nitrogens is 2. The molecule has 134 valence electrons. The van der Waals surface area contributed by atoms with Crippen LogP contribution in [0.3, 0.4) is 0 Å². The first-order valence-corrected chi connectivity index (χ1v) is 9.09. The predicted molar refractivity (Wildman–Crippen MR) is 103 cm³/mol. The smallest absolute Gasteiger partial charge is 0.169 e. The number of hydrogen-bond donors (Lipinski definition) is 1. The van der Waals surface area contributed by atoms with E-state index in [0.29, 0.717) is 12.5 Å². The van der Waals surface area contributed by atoms with Gasteiger partial charge in [-0.1, -0.05) is 13.8 Å². The maximum atomic E-state index is 5.51. The Labute approximate surface area is 154 Å². The Bertz CT molecular complexity index is 708. The van der Waals surface area contributed by atoms with Gasteiger partial charge in [0.2, 0.25) is 0 Å². The van der Waals surface area contributed by atoms with Gasteiger partial charge in [-0.15, -0.1) is 0 Å². The second-order valence-corrected chi connectivity index (χ2v) is 6.98. The van der Waals surface area contributed by atoms with Crippen LogP contribution in [0, 0.1) is 6.92 Å². The van der Waals surface area contributed by atoms with Gasteiger partial charge in [0.25, 0.3) is 0 Å². The predicted octanol–water partition coefficient (Wildman–Crippen LogP) is 2.70. The van der Waals surface area contributed by atoms with E-state index in [1.54, 1.807) is 6.26 Å². The number of piperazine rings is 1. The lowest BCUT2D eigenvalue weighted by molar-refractivity contribution is 0.376. The Hall–Kier alpha value is -2.15. The molecule has 7 heteroatoms. The number of hydrogen-bond acceptors (Lipinski definition) is 5. The van der Waals surface area contributed by atoms with E-state index in [9.17, 15) is 0 Å². The first-order chi connectivity index (χ1) is 12.0. The summed E-state index contributed by atoms with van der Waals surface area (Å²) in [7, 11) is 0. The fraction of sp³-hybridized carbons (Fsp3) is 0.500. The minimum absolute atomic E-state index is 0.332. The largest absolute Gasteiger partial charge is 0.467 e. The van der Waals surface area contributed by atoms with Crippen molar-refractivity contribution < 1.29 is 4.42 Å². The number of nitrogens with one attached hydrogen (secondary N) is 1. The van der Waals surface area contributed by atoms with Crippen molar-refractivity contribution in [1.29, 1.82) is 0 Å². The van der Waals surface area contributed by atoms with Crippen molar-refractivity contribution in [3.63, 3.8) is 0 Å². The van der Waals surface area contributed by atoms with Crippen LogP contribution < -0.4 is 10.2 Å². The summed E-state index contributed by atoms with van der Waals surface area (Å²) in [6.07, 6.45) is 1.67. The second-order valence-electron chi connectivity index (χ2n) is 6.59. The highest BCUT2D eigenvalue weighted by molar-refractivity contribution is 7.80. The van der Waals surface area contributed by atoms with Crippen molar-refractivity contribution >= 4 is 23.1 Å². The van der Waals surface area contributed by atoms with Crippen molar-refractivity contribution in [2.24, 2.45) is 0 Å². The molecule has 3 heterocycles. The van der Waals surface area contributed by atoms with E-state index in [1.807, 2.05) is 19.1 Å². The van der Waals surface area contributed by atoms with Crippen LogP contribution in [0.25, 0.3) is 0 Å². The Kier molecular flexibility index (Phi) is 5.53. The average Bonchev–Trinajstić information content (AvgIpc) is 3.13. The summed E-state index contributed by atoms with van der Waals surface area (Å²) in [5.41, 5.74) is 1.02. The molecule has 1 fully saturated rings. The average molecular weight is 359 g/mol. The quantitative estimate of drug-likeness (QED) is 0.842. The SMILES string of the molecule is Cc1cc(N2CCN(C(=S)NCc3ccco3)CC2)nc(C(C)C)n1. The van der Waals surface area contributed by atoms with Crippen molar-refractivity contribution in [3.8, 4) is 0 Å². The summed E-state index contributed by atoms with van der Waals surface area (Å²) in [4.78, 5) is 13.8. The molecule has 1 aliphatic rings. The molecular weight excluding hydrogens is 334 g/mol. The molecule has 2 aromatic heterocycles. The molecule has 0 amide bonds. The standard InChI is InChI=1S/C18H25N5OS/c1-13(2)17-20-14(3)11-16(21-17)22-6-8-23(9-7-22)18(25)19-12-15-5-4-10-24-15/h4-5,10-11,13H,6-9,12H2,1-3H3,(H,19,25). The molecule has 1 N–H and O–H groups in total. The Balaban J connectivity index is 1.55. The van der Waals surface area contributed by atoms with Gasteiger partial charge in [0.05, 0.1) is 12.8 Å². The maximum Gasteiger partial charge on any atom is 0.169 e. The summed E-state index contributed by atoms with van der Waals surface area (Å²) < 4.78 is 5.32. The molecule has 0 bridgehead atoms. The number of thiocarbonyl (C=S) groups is 1. The van der Waals surface area contributed by atoms with Gasteiger partial charge in [0, 0.05) is 43.9 Å². The molecule has 0 radical (unpaired) electrons. The molecule has 0 aliphatic carbocycles. The molecule has 6 nitrogen and oxygen atoms in total. The number of nitrogens with zero attached hydrogens (tertiary/aromatic N) is 4. The van der Waals surface area contributed by atoms with E-state index in [2.05, 4.69) is 40.0 Å². The van der Waals surface area contributed by atoms with Gasteiger partial charge in [-0.25, -0.2) is 9.97 Å². The van der Waals surface area contributed by atoms with E-state index in [-0.39, 0.29) is 0 Å². The zero-order valence-electron chi connectivity index (χ0n) is 15.0. The van der Waals surface area contributed by atoms with Crippen LogP contribution in [-0.4, -0.2) is 46.2 Å². The third-order valence-electron chi connectivity index (χ3n) is 4.26. The topological polar surface area (TPSA) is 57.4 Å². The normalized spacial score (nSPS) is 14.9. The van der Waals surface area contributed by atoms with E-state index in [1.165, 1.54) is 0 Å². The summed E-state index contributed by atoms with van der Waals surface area (Å²) in [6.45, 7) is 10.5. The first-order valence-electron chi connectivity index (χ1n) is 8.68. The van der Waals surface area contributed by atoms with E-state index >= 15 is 0 Å². The molecule has 0 unspecified atom stereocenters. The molecule has 0 spiro atoms. The van der Waals surface area contributed by atoms with Gasteiger partial charge in [-0.3, -0.25) is 0 Å². The third-order valence-corrected chi connectivity index (χ3v) is 4.66. The molecule has 3 rings (SSSR count). The molecule has 0 saturated carbocycles. The molecule has 25 heavy (non-hydrogen) atoms. The summed E-state index contributed by atoms with van der Waals surface area (Å²) in [5.74, 6) is 3.15. The van der Waals surface area contributed by atoms with Crippen LogP contribution >= 0.6 is 12.2 Å².